The van der Waals surface area contributed by atoms with Crippen LogP contribution in [-0.2, 0) is 25.3 Å². The van der Waals surface area contributed by atoms with Crippen LogP contribution >= 0.6 is 0 Å². The molecular formula is C36H37N11O2. The Balaban J connectivity index is 1.26. The topological polar surface area (TPSA) is 162 Å². The maximum Gasteiger partial charge on any atom is 0.278 e. The molecule has 49 heavy (non-hydrogen) atoms. The molecule has 5 aromatic heterocycles. The van der Waals surface area contributed by atoms with Gasteiger partial charge in [-0.3, -0.25) is 4.79 Å². The van der Waals surface area contributed by atoms with Crippen LogP contribution in [0.4, 0.5) is 5.69 Å². The van der Waals surface area contributed by atoms with E-state index in [1.54, 1.807) is 24.1 Å². The summed E-state index contributed by atoms with van der Waals surface area (Å²) >= 11 is 0. The number of nitriles is 1. The fourth-order valence-electron chi connectivity index (χ4n) is 8.90. The zero-order valence-corrected chi connectivity index (χ0v) is 27.8. The van der Waals surface area contributed by atoms with Crippen molar-refractivity contribution < 1.29 is 4.52 Å². The lowest BCUT2D eigenvalue weighted by molar-refractivity contribution is 0.232. The van der Waals surface area contributed by atoms with E-state index in [-0.39, 0.29) is 11.6 Å². The van der Waals surface area contributed by atoms with E-state index >= 15 is 0 Å². The molecule has 1 saturated heterocycles. The normalized spacial score (nSPS) is 21.3. The van der Waals surface area contributed by atoms with Gasteiger partial charge in [0.25, 0.3) is 5.56 Å². The number of hydrogen-bond donors (Lipinski definition) is 1. The van der Waals surface area contributed by atoms with Gasteiger partial charge in [-0.2, -0.15) is 15.5 Å². The molecular weight excluding hydrogens is 618 g/mol. The smallest absolute Gasteiger partial charge is 0.278 e. The van der Waals surface area contributed by atoms with Gasteiger partial charge in [0.15, 0.2) is 34.3 Å². The van der Waals surface area contributed by atoms with E-state index < -0.39 is 5.41 Å². The maximum absolute atomic E-state index is 13.0. The Hall–Kier alpha value is -5.35. The summed E-state index contributed by atoms with van der Waals surface area (Å²) in [6.45, 7) is 3.23. The van der Waals surface area contributed by atoms with Crippen molar-refractivity contribution in [1.29, 1.82) is 5.26 Å². The minimum atomic E-state index is -0.497. The second-order valence-electron chi connectivity index (χ2n) is 14.0. The number of likely N-dealkylation sites (tertiary alicyclic amines) is 1. The minimum Gasteiger partial charge on any atom is -0.398 e. The zero-order chi connectivity index (χ0) is 33.6. The van der Waals surface area contributed by atoms with E-state index in [9.17, 15) is 10.1 Å². The largest absolute Gasteiger partial charge is 0.398 e. The summed E-state index contributed by atoms with van der Waals surface area (Å²) < 4.78 is 11.5. The van der Waals surface area contributed by atoms with Gasteiger partial charge in [-0.15, -0.1) is 0 Å². The van der Waals surface area contributed by atoms with E-state index in [0.29, 0.717) is 51.2 Å². The summed E-state index contributed by atoms with van der Waals surface area (Å²) in [4.78, 5) is 25.7. The fraction of sp³-hybridized carbons (Fsp3) is 0.417. The molecule has 3 aliphatic rings. The molecule has 9 rings (SSSR count). The standard InChI is InChI=1S/C36H37N11O2/c1-20(27-9-6-15-44(27)2)47-34-25(18-39-47)33(46-19-22-12-16-45(3)35(48)29(22)42-46)40-32(41-34)30-23-8-5-14-36(31(23)49-43-30)13-4-7-21-10-11-26(38)24(17-37)28(21)36/h10-12,16,18-20,27H,4-9,13-15,38H2,1-3H3/t20-,27-,36+/m0/s1. The summed E-state index contributed by atoms with van der Waals surface area (Å²) in [6.07, 6.45) is 12.8. The zero-order valence-electron chi connectivity index (χ0n) is 27.8. The first-order valence-electron chi connectivity index (χ1n) is 17.1. The lowest BCUT2D eigenvalue weighted by atomic mass is 9.61. The van der Waals surface area contributed by atoms with Crippen LogP contribution in [0.1, 0.15) is 79.5 Å². The summed E-state index contributed by atoms with van der Waals surface area (Å²) in [5.74, 6) is 1.71. The lowest BCUT2D eigenvalue weighted by Crippen LogP contribution is -2.36. The first-order chi connectivity index (χ1) is 23.8. The third-order valence-corrected chi connectivity index (χ3v) is 11.3. The lowest BCUT2D eigenvalue weighted by Gasteiger charge is -2.41. The third kappa shape index (κ3) is 4.26. The van der Waals surface area contributed by atoms with Gasteiger partial charge in [0.1, 0.15) is 6.07 Å². The Labute approximate surface area is 281 Å². The molecule has 1 fully saturated rings. The molecule has 3 atom stereocenters. The summed E-state index contributed by atoms with van der Waals surface area (Å²) in [5, 5.41) is 26.0. The van der Waals surface area contributed by atoms with Crippen LogP contribution in [0.3, 0.4) is 0 Å². The van der Waals surface area contributed by atoms with E-state index in [2.05, 4.69) is 31.0 Å². The molecule has 6 heterocycles. The quantitative estimate of drug-likeness (QED) is 0.266. The van der Waals surface area contributed by atoms with Crippen molar-refractivity contribution in [3.8, 4) is 23.4 Å². The number of nitrogen functional groups attached to an aromatic ring is 1. The van der Waals surface area contributed by atoms with E-state index in [1.807, 2.05) is 23.0 Å². The molecule has 2 N–H and O–H groups in total. The highest BCUT2D eigenvalue weighted by Gasteiger charge is 2.48. The molecule has 13 heteroatoms. The number of aromatic nitrogens is 8. The van der Waals surface area contributed by atoms with Gasteiger partial charge in [-0.1, -0.05) is 11.2 Å². The van der Waals surface area contributed by atoms with Crippen LogP contribution in [0.5, 0.6) is 0 Å². The Morgan fingerprint density at radius 3 is 2.76 bits per heavy atom. The molecule has 0 saturated carbocycles. The number of likely N-dealkylation sites (N-methyl/N-ethyl adjacent to an activating group) is 1. The van der Waals surface area contributed by atoms with Crippen molar-refractivity contribution in [1.82, 2.24) is 44.2 Å². The van der Waals surface area contributed by atoms with Gasteiger partial charge in [0.05, 0.1) is 28.6 Å². The average molecular weight is 656 g/mol. The summed E-state index contributed by atoms with van der Waals surface area (Å²) in [7, 11) is 3.88. The number of nitrogens with two attached hydrogens (primary N) is 1. The summed E-state index contributed by atoms with van der Waals surface area (Å²) in [6, 6.07) is 8.55. The molecule has 1 spiro atoms. The van der Waals surface area contributed by atoms with E-state index in [0.717, 1.165) is 85.7 Å². The molecule has 1 aromatic carbocycles. The predicted octanol–water partition coefficient (Wildman–Crippen LogP) is 4.59. The van der Waals surface area contributed by atoms with Crippen molar-refractivity contribution in [3.05, 3.63) is 75.2 Å². The first-order valence-corrected chi connectivity index (χ1v) is 17.1. The van der Waals surface area contributed by atoms with E-state index in [1.165, 1.54) is 4.57 Å². The Morgan fingerprint density at radius 2 is 1.96 bits per heavy atom. The van der Waals surface area contributed by atoms with Crippen LogP contribution in [0.2, 0.25) is 0 Å². The summed E-state index contributed by atoms with van der Waals surface area (Å²) in [5.41, 5.74) is 11.4. The highest BCUT2D eigenvalue weighted by molar-refractivity contribution is 5.86. The molecule has 1 aliphatic heterocycles. The van der Waals surface area contributed by atoms with Crippen LogP contribution in [0.15, 0.2) is 46.1 Å². The Morgan fingerprint density at radius 1 is 1.12 bits per heavy atom. The number of aryl methyl sites for hydroxylation is 2. The van der Waals surface area contributed by atoms with Crippen LogP contribution in [0.25, 0.3) is 39.3 Å². The van der Waals surface area contributed by atoms with Gasteiger partial charge in [0, 0.05) is 42.1 Å². The van der Waals surface area contributed by atoms with Gasteiger partial charge >= 0.3 is 0 Å². The molecule has 0 amide bonds. The molecule has 6 aromatic rings. The van der Waals surface area contributed by atoms with E-state index in [4.69, 9.17) is 35.6 Å². The third-order valence-electron chi connectivity index (χ3n) is 11.3. The fourth-order valence-corrected chi connectivity index (χ4v) is 8.90. The Kier molecular flexibility index (Phi) is 6.58. The molecule has 13 nitrogen and oxygen atoms in total. The molecule has 0 unspecified atom stereocenters. The number of anilines is 1. The van der Waals surface area contributed by atoms with Crippen molar-refractivity contribution in [2.45, 2.75) is 75.8 Å². The highest BCUT2D eigenvalue weighted by atomic mass is 16.5. The number of hydrogen-bond acceptors (Lipinski definition) is 10. The number of fused-ring (bicyclic) bond motifs is 6. The number of rotatable bonds is 4. The first kappa shape index (κ1) is 29.8. The molecule has 0 radical (unpaired) electrons. The van der Waals surface area contributed by atoms with Crippen LogP contribution in [-0.4, -0.2) is 63.8 Å². The molecule has 0 bridgehead atoms. The van der Waals surface area contributed by atoms with Gasteiger partial charge < -0.3 is 19.7 Å². The number of pyridine rings is 1. The van der Waals surface area contributed by atoms with Gasteiger partial charge in [-0.05, 0) is 95.1 Å². The van der Waals surface area contributed by atoms with Crippen molar-refractivity contribution in [2.75, 3.05) is 19.3 Å². The van der Waals surface area contributed by atoms with Crippen LogP contribution in [0, 0.1) is 11.3 Å². The monoisotopic (exact) mass is 655 g/mol. The number of benzene rings is 1. The highest BCUT2D eigenvalue weighted by Crippen LogP contribution is 2.53. The molecule has 248 valence electrons. The van der Waals surface area contributed by atoms with Gasteiger partial charge in [-0.25, -0.2) is 19.3 Å². The predicted molar refractivity (Wildman–Crippen MR) is 183 cm³/mol. The minimum absolute atomic E-state index is 0.0488. The van der Waals surface area contributed by atoms with Crippen molar-refractivity contribution >= 4 is 27.6 Å². The average Bonchev–Trinajstić information content (AvgIpc) is 3.92. The van der Waals surface area contributed by atoms with Crippen molar-refractivity contribution in [2.24, 2.45) is 7.05 Å². The second kappa shape index (κ2) is 10.8. The maximum atomic E-state index is 13.0. The van der Waals surface area contributed by atoms with Crippen molar-refractivity contribution in [3.63, 3.8) is 0 Å². The SMILES string of the molecule is C[C@@H]([C@@H]1CCCN1C)n1ncc2c(-n3cc4ccn(C)c(=O)c4n3)nc(-c3noc4c3CCC[C@@]43CCCc4ccc(N)c(C#N)c43)nc21. The second-order valence-corrected chi connectivity index (χ2v) is 14.0. The molecule has 2 aliphatic carbocycles. The van der Waals surface area contributed by atoms with Crippen LogP contribution < -0.4 is 11.3 Å². The number of nitrogens with zero attached hydrogens (tertiary/aromatic N) is 10. The Bertz CT molecular complexity index is 2410. The van der Waals surface area contributed by atoms with Gasteiger partial charge in [0.2, 0.25) is 0 Å².